The molecule has 0 radical (unpaired) electrons. The average molecular weight is 500 g/mol. The van der Waals surface area contributed by atoms with Crippen LogP contribution in [0.15, 0.2) is 83.8 Å². The molecule has 182 valence electrons. The lowest BCUT2D eigenvalue weighted by atomic mass is 10.0. The smallest absolute Gasteiger partial charge is 0.252 e. The van der Waals surface area contributed by atoms with Crippen LogP contribution in [0.25, 0.3) is 0 Å². The first kappa shape index (κ1) is 24.5. The predicted molar refractivity (Wildman–Crippen MR) is 125 cm³/mol. The molecule has 1 atom stereocenters. The molecular formula is C25H23F2N3O4S. The van der Waals surface area contributed by atoms with Crippen molar-refractivity contribution >= 4 is 21.8 Å². The Kier molecular flexibility index (Phi) is 7.23. The molecule has 3 aromatic rings. The number of sulfonamides is 1. The van der Waals surface area contributed by atoms with Gasteiger partial charge in [0.05, 0.1) is 0 Å². The number of hydrogen-bond donors (Lipinski definition) is 1. The first-order chi connectivity index (χ1) is 16.8. The molecule has 0 spiro atoms. The number of halogens is 2. The van der Waals surface area contributed by atoms with Gasteiger partial charge in [0.25, 0.3) is 5.91 Å². The van der Waals surface area contributed by atoms with E-state index in [0.717, 1.165) is 22.5 Å². The highest BCUT2D eigenvalue weighted by atomic mass is 32.2. The van der Waals surface area contributed by atoms with Gasteiger partial charge in [-0.1, -0.05) is 54.6 Å². The van der Waals surface area contributed by atoms with E-state index in [-0.39, 0.29) is 26.2 Å². The van der Waals surface area contributed by atoms with Gasteiger partial charge >= 0.3 is 0 Å². The Bertz CT molecular complexity index is 1290. The highest BCUT2D eigenvalue weighted by Gasteiger charge is 2.36. The standard InChI is InChI=1S/C25H23F2N3O4S/c26-20-12-7-13-21(27)23(20)35(33,34)30-16-14-29(15-17-30)25(32)22(18-8-3-1-4-9-18)28-24(31)19-10-5-2-6-11-19/h1-13,22H,14-17H2,(H,28,31)/t22-/m0/s1. The van der Waals surface area contributed by atoms with Crippen molar-refractivity contribution in [2.75, 3.05) is 26.2 Å². The third-order valence-electron chi connectivity index (χ3n) is 5.76. The Morgan fingerprint density at radius 2 is 1.31 bits per heavy atom. The molecule has 7 nitrogen and oxygen atoms in total. The third kappa shape index (κ3) is 5.23. The minimum atomic E-state index is -4.42. The molecule has 1 aliphatic rings. The average Bonchev–Trinajstić information content (AvgIpc) is 2.87. The van der Waals surface area contributed by atoms with Crippen LogP contribution >= 0.6 is 0 Å². The van der Waals surface area contributed by atoms with Crippen molar-refractivity contribution in [3.63, 3.8) is 0 Å². The van der Waals surface area contributed by atoms with Gasteiger partial charge in [0.15, 0.2) is 4.90 Å². The van der Waals surface area contributed by atoms with Crippen molar-refractivity contribution in [2.45, 2.75) is 10.9 Å². The topological polar surface area (TPSA) is 86.8 Å². The molecule has 0 saturated carbocycles. The van der Waals surface area contributed by atoms with Crippen molar-refractivity contribution in [3.05, 3.63) is 102 Å². The maximum atomic E-state index is 14.1. The quantitative estimate of drug-likeness (QED) is 0.565. The number of rotatable bonds is 6. The summed E-state index contributed by atoms with van der Waals surface area (Å²) in [4.78, 5) is 26.6. The molecule has 1 fully saturated rings. The van der Waals surface area contributed by atoms with Crippen LogP contribution in [0.3, 0.4) is 0 Å². The van der Waals surface area contributed by atoms with E-state index in [0.29, 0.717) is 11.1 Å². The zero-order valence-electron chi connectivity index (χ0n) is 18.6. The van der Waals surface area contributed by atoms with Crippen molar-refractivity contribution in [2.24, 2.45) is 0 Å². The van der Waals surface area contributed by atoms with Gasteiger partial charge in [0.1, 0.15) is 17.7 Å². The highest BCUT2D eigenvalue weighted by Crippen LogP contribution is 2.25. The van der Waals surface area contributed by atoms with E-state index in [1.165, 1.54) is 4.90 Å². The minimum Gasteiger partial charge on any atom is -0.338 e. The summed E-state index contributed by atoms with van der Waals surface area (Å²) in [6.07, 6.45) is 0. The van der Waals surface area contributed by atoms with E-state index < -0.39 is 44.4 Å². The molecule has 10 heteroatoms. The fraction of sp³-hybridized carbons (Fsp3) is 0.200. The van der Waals surface area contributed by atoms with Gasteiger partial charge in [-0.05, 0) is 29.8 Å². The number of nitrogens with zero attached hydrogens (tertiary/aromatic N) is 2. The fourth-order valence-corrected chi connectivity index (χ4v) is 5.46. The molecule has 0 bridgehead atoms. The predicted octanol–water partition coefficient (Wildman–Crippen LogP) is 2.97. The van der Waals surface area contributed by atoms with Gasteiger partial charge in [-0.25, -0.2) is 17.2 Å². The first-order valence-corrected chi connectivity index (χ1v) is 12.4. The number of carbonyl (C=O) groups excluding carboxylic acids is 2. The third-order valence-corrected chi connectivity index (χ3v) is 7.71. The maximum Gasteiger partial charge on any atom is 0.252 e. The van der Waals surface area contributed by atoms with Gasteiger partial charge in [-0.2, -0.15) is 4.31 Å². The van der Waals surface area contributed by atoms with Crippen LogP contribution in [0.1, 0.15) is 22.0 Å². The summed E-state index contributed by atoms with van der Waals surface area (Å²) in [5.41, 5.74) is 0.967. The zero-order valence-corrected chi connectivity index (χ0v) is 19.4. The van der Waals surface area contributed by atoms with Crippen LogP contribution in [0, 0.1) is 11.6 Å². The Hall–Kier alpha value is -3.63. The summed E-state index contributed by atoms with van der Waals surface area (Å²) in [7, 11) is -4.42. The molecule has 35 heavy (non-hydrogen) atoms. The Balaban J connectivity index is 1.51. The number of nitrogens with one attached hydrogen (secondary N) is 1. The normalized spacial score (nSPS) is 15.4. The summed E-state index contributed by atoms with van der Waals surface area (Å²) in [6.45, 7) is -0.288. The van der Waals surface area contributed by atoms with Crippen LogP contribution in [-0.2, 0) is 14.8 Å². The van der Waals surface area contributed by atoms with Crippen molar-refractivity contribution in [3.8, 4) is 0 Å². The summed E-state index contributed by atoms with van der Waals surface area (Å²) >= 11 is 0. The SMILES string of the molecule is O=C(N[C@H](C(=O)N1CCN(S(=O)(=O)c2c(F)cccc2F)CC1)c1ccccc1)c1ccccc1. The second kappa shape index (κ2) is 10.3. The molecule has 1 saturated heterocycles. The molecular weight excluding hydrogens is 476 g/mol. The van der Waals surface area contributed by atoms with Crippen LogP contribution in [-0.4, -0.2) is 55.6 Å². The number of hydrogen-bond acceptors (Lipinski definition) is 4. The van der Waals surface area contributed by atoms with Crippen molar-refractivity contribution in [1.82, 2.24) is 14.5 Å². The number of carbonyl (C=O) groups is 2. The van der Waals surface area contributed by atoms with Gasteiger partial charge in [-0.3, -0.25) is 9.59 Å². The number of piperazine rings is 1. The molecule has 1 heterocycles. The van der Waals surface area contributed by atoms with E-state index in [1.807, 2.05) is 0 Å². The highest BCUT2D eigenvalue weighted by molar-refractivity contribution is 7.89. The second-order valence-corrected chi connectivity index (χ2v) is 9.84. The van der Waals surface area contributed by atoms with E-state index in [1.54, 1.807) is 60.7 Å². The largest absolute Gasteiger partial charge is 0.338 e. The second-order valence-electron chi connectivity index (χ2n) is 7.96. The van der Waals surface area contributed by atoms with Crippen LogP contribution < -0.4 is 5.32 Å². The molecule has 3 aromatic carbocycles. The van der Waals surface area contributed by atoms with Gasteiger partial charge in [-0.15, -0.1) is 0 Å². The molecule has 1 N–H and O–H groups in total. The summed E-state index contributed by atoms with van der Waals surface area (Å²) in [6, 6.07) is 19.1. The van der Waals surface area contributed by atoms with Crippen LogP contribution in [0.4, 0.5) is 8.78 Å². The van der Waals surface area contributed by atoms with Gasteiger partial charge in [0, 0.05) is 31.7 Å². The molecule has 4 rings (SSSR count). The lowest BCUT2D eigenvalue weighted by molar-refractivity contribution is -0.134. The Labute approximate surface area is 202 Å². The van der Waals surface area contributed by atoms with Crippen molar-refractivity contribution < 1.29 is 26.8 Å². The van der Waals surface area contributed by atoms with Crippen LogP contribution in [0.5, 0.6) is 0 Å². The molecule has 2 amide bonds. The fourth-order valence-electron chi connectivity index (χ4n) is 3.93. The number of benzene rings is 3. The lowest BCUT2D eigenvalue weighted by Crippen LogP contribution is -2.53. The molecule has 0 unspecified atom stereocenters. The maximum absolute atomic E-state index is 14.1. The van der Waals surface area contributed by atoms with E-state index in [9.17, 15) is 26.8 Å². The summed E-state index contributed by atoms with van der Waals surface area (Å²) in [5, 5.41) is 2.77. The van der Waals surface area contributed by atoms with Gasteiger partial charge < -0.3 is 10.2 Å². The Morgan fingerprint density at radius 1 is 0.771 bits per heavy atom. The van der Waals surface area contributed by atoms with E-state index >= 15 is 0 Å². The summed E-state index contributed by atoms with van der Waals surface area (Å²) < 4.78 is 54.9. The number of amides is 2. The van der Waals surface area contributed by atoms with Crippen molar-refractivity contribution in [1.29, 1.82) is 0 Å². The summed E-state index contributed by atoms with van der Waals surface area (Å²) in [5.74, 6) is -3.17. The lowest BCUT2D eigenvalue weighted by Gasteiger charge is -2.36. The van der Waals surface area contributed by atoms with Gasteiger partial charge in [0.2, 0.25) is 15.9 Å². The van der Waals surface area contributed by atoms with E-state index in [4.69, 9.17) is 0 Å². The van der Waals surface area contributed by atoms with Crippen LogP contribution in [0.2, 0.25) is 0 Å². The molecule has 0 aliphatic carbocycles. The van der Waals surface area contributed by atoms with E-state index in [2.05, 4.69) is 5.32 Å². The zero-order chi connectivity index (χ0) is 25.0. The Morgan fingerprint density at radius 3 is 1.89 bits per heavy atom. The molecule has 0 aromatic heterocycles. The first-order valence-electron chi connectivity index (χ1n) is 10.9. The molecule has 1 aliphatic heterocycles. The minimum absolute atomic E-state index is 0.00131. The monoisotopic (exact) mass is 499 g/mol.